The van der Waals surface area contributed by atoms with Crippen molar-refractivity contribution in [2.45, 2.75) is 50.6 Å². The zero-order chi connectivity index (χ0) is 18.6. The first-order valence-corrected chi connectivity index (χ1v) is 9.41. The van der Waals surface area contributed by atoms with Crippen LogP contribution in [0.5, 0.6) is 0 Å². The van der Waals surface area contributed by atoms with Crippen molar-refractivity contribution in [1.29, 1.82) is 0 Å². The van der Waals surface area contributed by atoms with Crippen molar-refractivity contribution >= 4 is 17.6 Å². The van der Waals surface area contributed by atoms with Gasteiger partial charge in [-0.1, -0.05) is 12.8 Å². The first-order chi connectivity index (χ1) is 13.2. The Morgan fingerprint density at radius 3 is 2.52 bits per heavy atom. The Bertz CT molecular complexity index is 807. The van der Waals surface area contributed by atoms with E-state index >= 15 is 0 Å². The molecular weight excluding hydrogens is 346 g/mol. The molecule has 9 heteroatoms. The highest BCUT2D eigenvalue weighted by Gasteiger charge is 2.28. The van der Waals surface area contributed by atoms with Gasteiger partial charge in [0, 0.05) is 17.3 Å². The molecule has 2 fully saturated rings. The average Bonchev–Trinajstić information content (AvgIpc) is 3.16. The second kappa shape index (κ2) is 7.73. The Morgan fingerprint density at radius 2 is 1.81 bits per heavy atom. The van der Waals surface area contributed by atoms with Crippen LogP contribution in [0.15, 0.2) is 24.3 Å². The Labute approximate surface area is 156 Å². The first kappa shape index (κ1) is 17.4. The van der Waals surface area contributed by atoms with E-state index in [1.54, 1.807) is 0 Å². The molecular formula is C18H23N7O2. The van der Waals surface area contributed by atoms with E-state index in [4.69, 9.17) is 0 Å². The van der Waals surface area contributed by atoms with Gasteiger partial charge >= 0.3 is 6.03 Å². The molecule has 2 aliphatic carbocycles. The SMILES string of the molecule is O=C(CNc1ccc(-c2nnnn2C2CC2)cc1)NC(=O)NC1CCCC1. The lowest BCUT2D eigenvalue weighted by molar-refractivity contribution is -0.118. The molecule has 1 aromatic carbocycles. The quantitative estimate of drug-likeness (QED) is 0.716. The van der Waals surface area contributed by atoms with Gasteiger partial charge in [-0.3, -0.25) is 10.1 Å². The van der Waals surface area contributed by atoms with Gasteiger partial charge in [-0.25, -0.2) is 9.48 Å². The largest absolute Gasteiger partial charge is 0.376 e. The molecule has 0 saturated heterocycles. The summed E-state index contributed by atoms with van der Waals surface area (Å²) in [6, 6.07) is 7.74. The number of rotatable bonds is 6. The van der Waals surface area contributed by atoms with E-state index in [-0.39, 0.29) is 18.5 Å². The summed E-state index contributed by atoms with van der Waals surface area (Å²) < 4.78 is 1.86. The van der Waals surface area contributed by atoms with Gasteiger partial charge in [0.25, 0.3) is 0 Å². The smallest absolute Gasteiger partial charge is 0.321 e. The summed E-state index contributed by atoms with van der Waals surface area (Å²) in [7, 11) is 0. The lowest BCUT2D eigenvalue weighted by Crippen LogP contribution is -2.45. The highest BCUT2D eigenvalue weighted by molar-refractivity contribution is 5.96. The van der Waals surface area contributed by atoms with Crippen LogP contribution in [0, 0.1) is 0 Å². The fraction of sp³-hybridized carbons (Fsp3) is 0.500. The van der Waals surface area contributed by atoms with Crippen LogP contribution in [0.2, 0.25) is 0 Å². The minimum absolute atomic E-state index is 0.0250. The molecule has 0 spiro atoms. The molecule has 2 aliphatic rings. The minimum Gasteiger partial charge on any atom is -0.376 e. The van der Waals surface area contributed by atoms with E-state index < -0.39 is 6.03 Å². The molecule has 2 saturated carbocycles. The van der Waals surface area contributed by atoms with E-state index in [2.05, 4.69) is 31.5 Å². The fourth-order valence-electron chi connectivity index (χ4n) is 3.33. The molecule has 0 atom stereocenters. The number of nitrogens with one attached hydrogen (secondary N) is 3. The molecule has 4 rings (SSSR count). The topological polar surface area (TPSA) is 114 Å². The molecule has 0 aliphatic heterocycles. The molecule has 3 N–H and O–H groups in total. The third kappa shape index (κ3) is 4.42. The van der Waals surface area contributed by atoms with Crippen molar-refractivity contribution in [3.63, 3.8) is 0 Å². The molecule has 142 valence electrons. The monoisotopic (exact) mass is 369 g/mol. The maximum atomic E-state index is 11.9. The van der Waals surface area contributed by atoms with Gasteiger partial charge in [-0.05, 0) is 60.4 Å². The van der Waals surface area contributed by atoms with Gasteiger partial charge in [0.1, 0.15) is 0 Å². The fourth-order valence-corrected chi connectivity index (χ4v) is 3.33. The van der Waals surface area contributed by atoms with Crippen LogP contribution >= 0.6 is 0 Å². The molecule has 0 radical (unpaired) electrons. The van der Waals surface area contributed by atoms with Crippen LogP contribution in [0.3, 0.4) is 0 Å². The van der Waals surface area contributed by atoms with Crippen molar-refractivity contribution in [2.75, 3.05) is 11.9 Å². The second-order valence-corrected chi connectivity index (χ2v) is 7.11. The van der Waals surface area contributed by atoms with Crippen LogP contribution in [0.25, 0.3) is 11.4 Å². The van der Waals surface area contributed by atoms with Crippen molar-refractivity contribution in [3.8, 4) is 11.4 Å². The number of carbonyl (C=O) groups is 2. The van der Waals surface area contributed by atoms with Crippen LogP contribution < -0.4 is 16.0 Å². The number of nitrogens with zero attached hydrogens (tertiary/aromatic N) is 4. The van der Waals surface area contributed by atoms with Gasteiger partial charge in [0.2, 0.25) is 5.91 Å². The maximum Gasteiger partial charge on any atom is 0.321 e. The molecule has 27 heavy (non-hydrogen) atoms. The van der Waals surface area contributed by atoms with Gasteiger partial charge in [0.15, 0.2) is 5.82 Å². The normalized spacial score (nSPS) is 16.9. The second-order valence-electron chi connectivity index (χ2n) is 7.11. The summed E-state index contributed by atoms with van der Waals surface area (Å²) in [6.45, 7) is 0.0250. The number of imide groups is 1. The number of hydrogen-bond acceptors (Lipinski definition) is 6. The summed E-state index contributed by atoms with van der Waals surface area (Å²) in [5.74, 6) is 0.387. The molecule has 3 amide bonds. The maximum absolute atomic E-state index is 11.9. The van der Waals surface area contributed by atoms with Gasteiger partial charge < -0.3 is 10.6 Å². The van der Waals surface area contributed by atoms with Crippen molar-refractivity contribution < 1.29 is 9.59 Å². The van der Waals surface area contributed by atoms with E-state index in [0.717, 1.165) is 55.6 Å². The number of tetrazole rings is 1. The van der Waals surface area contributed by atoms with E-state index in [0.29, 0.717) is 6.04 Å². The zero-order valence-electron chi connectivity index (χ0n) is 15.0. The van der Waals surface area contributed by atoms with Crippen LogP contribution in [0.4, 0.5) is 10.5 Å². The lowest BCUT2D eigenvalue weighted by Gasteiger charge is -2.12. The summed E-state index contributed by atoms with van der Waals surface area (Å²) in [5.41, 5.74) is 1.72. The number of hydrogen-bond donors (Lipinski definition) is 3. The summed E-state index contributed by atoms with van der Waals surface area (Å²) in [6.07, 6.45) is 6.45. The third-order valence-corrected chi connectivity index (χ3v) is 4.93. The highest BCUT2D eigenvalue weighted by Crippen LogP contribution is 2.36. The number of aromatic nitrogens is 4. The van der Waals surface area contributed by atoms with Crippen LogP contribution in [-0.4, -0.2) is 44.7 Å². The number of benzene rings is 1. The van der Waals surface area contributed by atoms with Crippen molar-refractivity contribution in [1.82, 2.24) is 30.8 Å². The Morgan fingerprint density at radius 1 is 1.07 bits per heavy atom. The minimum atomic E-state index is -0.420. The Hall–Kier alpha value is -2.97. The van der Waals surface area contributed by atoms with Gasteiger partial charge in [0.05, 0.1) is 12.6 Å². The number of carbonyl (C=O) groups excluding carboxylic acids is 2. The summed E-state index contributed by atoms with van der Waals surface area (Å²) in [4.78, 5) is 23.7. The van der Waals surface area contributed by atoms with E-state index in [9.17, 15) is 9.59 Å². The van der Waals surface area contributed by atoms with Crippen molar-refractivity contribution in [2.24, 2.45) is 0 Å². The lowest BCUT2D eigenvalue weighted by atomic mass is 10.2. The van der Waals surface area contributed by atoms with Crippen LogP contribution in [-0.2, 0) is 4.79 Å². The Kier molecular flexibility index (Phi) is 4.99. The van der Waals surface area contributed by atoms with E-state index in [1.807, 2.05) is 28.9 Å². The summed E-state index contributed by atoms with van der Waals surface area (Å²) >= 11 is 0. The number of anilines is 1. The standard InChI is InChI=1S/C18H23N7O2/c26-16(21-18(27)20-14-3-1-2-4-14)11-19-13-7-5-12(6-8-13)17-22-23-24-25(17)15-9-10-15/h5-8,14-15,19H,1-4,9-11H2,(H2,20,21,26,27). The van der Waals surface area contributed by atoms with Gasteiger partial charge in [-0.15, -0.1) is 5.10 Å². The molecule has 2 aromatic rings. The number of amides is 3. The van der Waals surface area contributed by atoms with E-state index in [1.165, 1.54) is 0 Å². The predicted molar refractivity (Wildman–Crippen MR) is 98.9 cm³/mol. The highest BCUT2D eigenvalue weighted by atomic mass is 16.2. The first-order valence-electron chi connectivity index (χ1n) is 9.41. The molecule has 1 heterocycles. The van der Waals surface area contributed by atoms with Crippen molar-refractivity contribution in [3.05, 3.63) is 24.3 Å². The molecule has 1 aromatic heterocycles. The van der Waals surface area contributed by atoms with Crippen LogP contribution in [0.1, 0.15) is 44.6 Å². The average molecular weight is 369 g/mol. The Balaban J connectivity index is 1.26. The van der Waals surface area contributed by atoms with Gasteiger partial charge in [-0.2, -0.15) is 0 Å². The third-order valence-electron chi connectivity index (χ3n) is 4.93. The summed E-state index contributed by atoms with van der Waals surface area (Å²) in [5, 5.41) is 20.1. The molecule has 0 unspecified atom stereocenters. The predicted octanol–water partition coefficient (Wildman–Crippen LogP) is 1.86. The molecule has 9 nitrogen and oxygen atoms in total. The number of urea groups is 1. The molecule has 0 bridgehead atoms. The zero-order valence-corrected chi connectivity index (χ0v) is 15.0.